The molecule has 2 fully saturated rings. The molecule has 3 N–H and O–H groups in total. The Morgan fingerprint density at radius 3 is 2.56 bits per heavy atom. The van der Waals surface area contributed by atoms with Crippen molar-refractivity contribution >= 4 is 21.9 Å². The van der Waals surface area contributed by atoms with Gasteiger partial charge in [-0.3, -0.25) is 4.79 Å². The number of carbonyl (C=O) groups is 2. The Morgan fingerprint density at radius 2 is 1.92 bits per heavy atom. The van der Waals surface area contributed by atoms with Crippen molar-refractivity contribution < 1.29 is 23.1 Å². The Morgan fingerprint density at radius 1 is 1.24 bits per heavy atom. The van der Waals surface area contributed by atoms with E-state index in [1.807, 2.05) is 0 Å². The first-order valence-corrected chi connectivity index (χ1v) is 9.93. The van der Waals surface area contributed by atoms with E-state index in [2.05, 4.69) is 0 Å². The number of aliphatic carboxylic acids is 1. The smallest absolute Gasteiger partial charge is 0.326 e. The minimum absolute atomic E-state index is 0.0958. The second-order valence-corrected chi connectivity index (χ2v) is 8.47. The Bertz CT molecular complexity index is 820. The zero-order valence-electron chi connectivity index (χ0n) is 14.0. The van der Waals surface area contributed by atoms with Crippen LogP contribution in [0, 0.1) is 12.8 Å². The van der Waals surface area contributed by atoms with Crippen molar-refractivity contribution in [2.75, 3.05) is 0 Å². The molecule has 0 spiro atoms. The van der Waals surface area contributed by atoms with Crippen LogP contribution in [0.3, 0.4) is 0 Å². The van der Waals surface area contributed by atoms with E-state index in [4.69, 9.17) is 5.14 Å². The average Bonchev–Trinajstić information content (AvgIpc) is 2.93. The predicted octanol–water partition coefficient (Wildman–Crippen LogP) is 1.50. The van der Waals surface area contributed by atoms with Gasteiger partial charge in [0.1, 0.15) is 6.04 Å². The number of carboxylic acid groups (broad SMARTS) is 1. The molecule has 8 heteroatoms. The zero-order valence-corrected chi connectivity index (χ0v) is 14.8. The van der Waals surface area contributed by atoms with E-state index >= 15 is 0 Å². The lowest BCUT2D eigenvalue weighted by Gasteiger charge is -2.33. The van der Waals surface area contributed by atoms with Crippen molar-refractivity contribution in [1.29, 1.82) is 0 Å². The number of aryl methyl sites for hydroxylation is 1. The van der Waals surface area contributed by atoms with Gasteiger partial charge in [0, 0.05) is 11.6 Å². The summed E-state index contributed by atoms with van der Waals surface area (Å²) in [5.74, 6) is -1.25. The second-order valence-electron chi connectivity index (χ2n) is 6.94. The lowest BCUT2D eigenvalue weighted by atomic mass is 9.84. The van der Waals surface area contributed by atoms with Gasteiger partial charge in [0.15, 0.2) is 0 Å². The van der Waals surface area contributed by atoms with Crippen molar-refractivity contribution in [3.8, 4) is 0 Å². The highest BCUT2D eigenvalue weighted by Crippen LogP contribution is 2.40. The number of primary sulfonamides is 1. The van der Waals surface area contributed by atoms with Crippen molar-refractivity contribution in [2.45, 2.75) is 56.0 Å². The van der Waals surface area contributed by atoms with Gasteiger partial charge in [-0.15, -0.1) is 0 Å². The molecule has 7 nitrogen and oxygen atoms in total. The molecule has 0 bridgehead atoms. The van der Waals surface area contributed by atoms with Crippen LogP contribution in [0.15, 0.2) is 23.1 Å². The fourth-order valence-corrected chi connectivity index (χ4v) is 4.97. The summed E-state index contributed by atoms with van der Waals surface area (Å²) in [6, 6.07) is 3.35. The zero-order chi connectivity index (χ0) is 18.4. The number of hydrogen-bond acceptors (Lipinski definition) is 4. The molecule has 3 atom stereocenters. The number of amides is 1. The monoisotopic (exact) mass is 366 g/mol. The van der Waals surface area contributed by atoms with Crippen molar-refractivity contribution in [3.05, 3.63) is 29.3 Å². The maximum Gasteiger partial charge on any atom is 0.326 e. The summed E-state index contributed by atoms with van der Waals surface area (Å²) in [6.07, 6.45) is 4.19. The molecular weight excluding hydrogens is 344 g/mol. The standard InChI is InChI=1S/C17H22N2O5S/c1-10-6-7-12(9-15(10)25(18,23)24)16(20)19-13-5-3-2-4-11(13)8-14(19)17(21)22/h6-7,9,11,13-14H,2-5,8H2,1H3,(H,21,22)(H2,18,23,24)/t11-,13+,14+/m1/s1. The molecule has 25 heavy (non-hydrogen) atoms. The third-order valence-corrected chi connectivity index (χ3v) is 6.40. The number of nitrogens with zero attached hydrogens (tertiary/aromatic N) is 1. The number of fused-ring (bicyclic) bond motifs is 1. The number of likely N-dealkylation sites (tertiary alicyclic amines) is 1. The molecule has 1 aliphatic heterocycles. The van der Waals surface area contributed by atoms with Crippen LogP contribution < -0.4 is 5.14 Å². The molecule has 1 aromatic rings. The number of hydrogen-bond donors (Lipinski definition) is 2. The van der Waals surface area contributed by atoms with Crippen LogP contribution >= 0.6 is 0 Å². The average molecular weight is 366 g/mol. The van der Waals surface area contributed by atoms with Gasteiger partial charge in [0.25, 0.3) is 5.91 Å². The third-order valence-electron chi connectivity index (χ3n) is 5.35. The number of carboxylic acids is 1. The number of rotatable bonds is 3. The second kappa shape index (κ2) is 6.42. The van der Waals surface area contributed by atoms with Crippen LogP contribution in [0.4, 0.5) is 0 Å². The normalized spacial score (nSPS) is 26.3. The Hall–Kier alpha value is -1.93. The summed E-state index contributed by atoms with van der Waals surface area (Å²) < 4.78 is 23.4. The Balaban J connectivity index is 1.99. The highest BCUT2D eigenvalue weighted by atomic mass is 32.2. The van der Waals surface area contributed by atoms with Crippen molar-refractivity contribution in [2.24, 2.45) is 11.1 Å². The summed E-state index contributed by atoms with van der Waals surface area (Å²) in [5, 5.41) is 14.8. The van der Waals surface area contributed by atoms with E-state index in [0.29, 0.717) is 12.0 Å². The van der Waals surface area contributed by atoms with Gasteiger partial charge in [0.2, 0.25) is 10.0 Å². The van der Waals surface area contributed by atoms with Crippen LogP contribution in [0.1, 0.15) is 48.0 Å². The molecule has 1 aliphatic carbocycles. The largest absolute Gasteiger partial charge is 0.480 e. The first-order valence-electron chi connectivity index (χ1n) is 8.39. The minimum atomic E-state index is -3.95. The van der Waals surface area contributed by atoms with Crippen LogP contribution in [0.5, 0.6) is 0 Å². The van der Waals surface area contributed by atoms with Crippen LogP contribution in [-0.2, 0) is 14.8 Å². The van der Waals surface area contributed by atoms with E-state index in [9.17, 15) is 23.1 Å². The fourth-order valence-electron chi connectivity index (χ4n) is 4.16. The minimum Gasteiger partial charge on any atom is -0.480 e. The van der Waals surface area contributed by atoms with Gasteiger partial charge < -0.3 is 10.0 Å². The number of carbonyl (C=O) groups excluding carboxylic acids is 1. The van der Waals surface area contributed by atoms with E-state index in [-0.39, 0.29) is 22.4 Å². The lowest BCUT2D eigenvalue weighted by Crippen LogP contribution is -2.46. The van der Waals surface area contributed by atoms with Gasteiger partial charge >= 0.3 is 5.97 Å². The van der Waals surface area contributed by atoms with E-state index in [1.165, 1.54) is 23.1 Å². The molecule has 1 heterocycles. The maximum atomic E-state index is 13.0. The molecule has 1 amide bonds. The SMILES string of the molecule is Cc1ccc(C(=O)N2[C@H](C(=O)O)C[C@H]3CCCC[C@@H]32)cc1S(N)(=O)=O. The van der Waals surface area contributed by atoms with Gasteiger partial charge in [0.05, 0.1) is 4.90 Å². The van der Waals surface area contributed by atoms with Crippen molar-refractivity contribution in [3.63, 3.8) is 0 Å². The van der Waals surface area contributed by atoms with Gasteiger partial charge in [-0.2, -0.15) is 0 Å². The molecule has 2 aliphatic rings. The highest BCUT2D eigenvalue weighted by Gasteiger charge is 2.47. The lowest BCUT2D eigenvalue weighted by molar-refractivity contribution is -0.141. The molecular formula is C17H22N2O5S. The van der Waals surface area contributed by atoms with E-state index in [1.54, 1.807) is 6.92 Å². The van der Waals surface area contributed by atoms with Gasteiger partial charge in [-0.25, -0.2) is 18.4 Å². The van der Waals surface area contributed by atoms with Crippen LogP contribution in [0.25, 0.3) is 0 Å². The molecule has 0 aromatic heterocycles. The molecule has 1 aromatic carbocycles. The quantitative estimate of drug-likeness (QED) is 0.840. The summed E-state index contributed by atoms with van der Waals surface area (Å²) in [7, 11) is -3.95. The fraction of sp³-hybridized carbons (Fsp3) is 0.529. The van der Waals surface area contributed by atoms with Crippen LogP contribution in [0.2, 0.25) is 0 Å². The molecule has 136 valence electrons. The topological polar surface area (TPSA) is 118 Å². The number of sulfonamides is 1. The third kappa shape index (κ3) is 3.28. The van der Waals surface area contributed by atoms with E-state index < -0.39 is 27.9 Å². The molecule has 0 unspecified atom stereocenters. The first kappa shape index (κ1) is 17.9. The maximum absolute atomic E-state index is 13.0. The summed E-state index contributed by atoms with van der Waals surface area (Å²) in [6.45, 7) is 1.60. The van der Waals surface area contributed by atoms with Gasteiger partial charge in [-0.1, -0.05) is 18.9 Å². The van der Waals surface area contributed by atoms with Crippen molar-refractivity contribution in [1.82, 2.24) is 4.90 Å². The number of benzene rings is 1. The highest BCUT2D eigenvalue weighted by molar-refractivity contribution is 7.89. The molecule has 3 rings (SSSR count). The molecule has 1 saturated heterocycles. The molecule has 1 saturated carbocycles. The summed E-state index contributed by atoms with van der Waals surface area (Å²) >= 11 is 0. The van der Waals surface area contributed by atoms with Crippen LogP contribution in [-0.4, -0.2) is 42.4 Å². The number of nitrogens with two attached hydrogens (primary N) is 1. The Kier molecular flexibility index (Phi) is 4.59. The molecule has 0 radical (unpaired) electrons. The summed E-state index contributed by atoms with van der Waals surface area (Å²) in [4.78, 5) is 26.0. The predicted molar refractivity (Wildman–Crippen MR) is 90.5 cm³/mol. The van der Waals surface area contributed by atoms with Gasteiger partial charge in [-0.05, 0) is 49.8 Å². The van der Waals surface area contributed by atoms with E-state index in [0.717, 1.165) is 25.7 Å². The summed E-state index contributed by atoms with van der Waals surface area (Å²) in [5.41, 5.74) is 0.609. The first-order chi connectivity index (χ1) is 11.7. The Labute approximate surface area is 146 Å².